The standard InChI is InChI=1S/C17H19ClN2O3/c1-11(19-13-6-9-16(23-3)15(18)10-13)17(21)20-12-4-7-14(22-2)8-5-12/h4-11,19H,1-3H3,(H,20,21). The number of benzene rings is 2. The maximum atomic E-state index is 12.2. The Morgan fingerprint density at radius 3 is 2.26 bits per heavy atom. The molecular weight excluding hydrogens is 316 g/mol. The van der Waals surface area contributed by atoms with Crippen molar-refractivity contribution in [2.45, 2.75) is 13.0 Å². The molecular formula is C17H19ClN2O3. The van der Waals surface area contributed by atoms with Gasteiger partial charge in [-0.15, -0.1) is 0 Å². The number of ether oxygens (including phenoxy) is 2. The van der Waals surface area contributed by atoms with Gasteiger partial charge in [0.15, 0.2) is 0 Å². The monoisotopic (exact) mass is 334 g/mol. The number of carbonyl (C=O) groups is 1. The number of methoxy groups -OCH3 is 2. The zero-order valence-electron chi connectivity index (χ0n) is 13.2. The van der Waals surface area contributed by atoms with E-state index in [0.29, 0.717) is 16.5 Å². The molecule has 0 aliphatic carbocycles. The molecule has 0 saturated carbocycles. The topological polar surface area (TPSA) is 59.6 Å². The number of nitrogens with one attached hydrogen (secondary N) is 2. The van der Waals surface area contributed by atoms with Gasteiger partial charge >= 0.3 is 0 Å². The quantitative estimate of drug-likeness (QED) is 0.843. The zero-order valence-corrected chi connectivity index (χ0v) is 14.0. The highest BCUT2D eigenvalue weighted by Crippen LogP contribution is 2.27. The van der Waals surface area contributed by atoms with Gasteiger partial charge < -0.3 is 20.1 Å². The molecule has 5 nitrogen and oxygen atoms in total. The van der Waals surface area contributed by atoms with Crippen molar-refractivity contribution in [3.05, 3.63) is 47.5 Å². The van der Waals surface area contributed by atoms with Gasteiger partial charge in [0.25, 0.3) is 0 Å². The molecule has 23 heavy (non-hydrogen) atoms. The first kappa shape index (κ1) is 17.0. The van der Waals surface area contributed by atoms with Crippen LogP contribution >= 0.6 is 11.6 Å². The van der Waals surface area contributed by atoms with Gasteiger partial charge in [-0.1, -0.05) is 11.6 Å². The molecule has 2 aromatic carbocycles. The van der Waals surface area contributed by atoms with E-state index in [4.69, 9.17) is 21.1 Å². The maximum absolute atomic E-state index is 12.2. The van der Waals surface area contributed by atoms with Crippen LogP contribution in [0, 0.1) is 0 Å². The Bertz CT molecular complexity index is 674. The first-order valence-electron chi connectivity index (χ1n) is 7.08. The first-order valence-corrected chi connectivity index (χ1v) is 7.46. The van der Waals surface area contributed by atoms with Crippen LogP contribution in [0.15, 0.2) is 42.5 Å². The molecule has 6 heteroatoms. The molecule has 0 aliphatic heterocycles. The number of halogens is 1. The molecule has 1 unspecified atom stereocenters. The molecule has 2 N–H and O–H groups in total. The van der Waals surface area contributed by atoms with Crippen molar-refractivity contribution in [1.29, 1.82) is 0 Å². The fourth-order valence-corrected chi connectivity index (χ4v) is 2.25. The molecule has 0 spiro atoms. The second-order valence-corrected chi connectivity index (χ2v) is 5.34. The van der Waals surface area contributed by atoms with Crippen LogP contribution in [0.2, 0.25) is 5.02 Å². The van der Waals surface area contributed by atoms with Gasteiger partial charge in [0.2, 0.25) is 5.91 Å². The lowest BCUT2D eigenvalue weighted by Gasteiger charge is -2.16. The summed E-state index contributed by atoms with van der Waals surface area (Å²) >= 11 is 6.07. The van der Waals surface area contributed by atoms with Crippen molar-refractivity contribution in [2.24, 2.45) is 0 Å². The number of amides is 1. The molecule has 1 atom stereocenters. The highest BCUT2D eigenvalue weighted by atomic mass is 35.5. The normalized spacial score (nSPS) is 11.5. The van der Waals surface area contributed by atoms with Crippen molar-refractivity contribution >= 4 is 28.9 Å². The van der Waals surface area contributed by atoms with Crippen LogP contribution in [-0.2, 0) is 4.79 Å². The highest BCUT2D eigenvalue weighted by molar-refractivity contribution is 6.32. The van der Waals surface area contributed by atoms with Gasteiger partial charge in [-0.2, -0.15) is 0 Å². The molecule has 0 radical (unpaired) electrons. The molecule has 122 valence electrons. The Kier molecular flexibility index (Phi) is 5.71. The number of carbonyl (C=O) groups excluding carboxylic acids is 1. The molecule has 1 amide bonds. The van der Waals surface area contributed by atoms with E-state index < -0.39 is 6.04 Å². The summed E-state index contributed by atoms with van der Waals surface area (Å²) in [5.41, 5.74) is 1.45. The fraction of sp³-hybridized carbons (Fsp3) is 0.235. The van der Waals surface area contributed by atoms with Crippen LogP contribution in [0.1, 0.15) is 6.92 Å². The van der Waals surface area contributed by atoms with E-state index in [0.717, 1.165) is 11.4 Å². The number of hydrogen-bond donors (Lipinski definition) is 2. The summed E-state index contributed by atoms with van der Waals surface area (Å²) in [4.78, 5) is 12.2. The van der Waals surface area contributed by atoms with E-state index in [-0.39, 0.29) is 5.91 Å². The Hall–Kier alpha value is -2.40. The lowest BCUT2D eigenvalue weighted by molar-refractivity contribution is -0.116. The molecule has 0 aromatic heterocycles. The minimum absolute atomic E-state index is 0.151. The molecule has 2 aromatic rings. The summed E-state index contributed by atoms with van der Waals surface area (Å²) in [6, 6.07) is 12.0. The largest absolute Gasteiger partial charge is 0.497 e. The smallest absolute Gasteiger partial charge is 0.246 e. The lowest BCUT2D eigenvalue weighted by Crippen LogP contribution is -2.31. The Balaban J connectivity index is 1.97. The summed E-state index contributed by atoms with van der Waals surface area (Å²) in [6.07, 6.45) is 0. The third kappa shape index (κ3) is 4.53. The van der Waals surface area contributed by atoms with Gasteiger partial charge in [0.1, 0.15) is 17.5 Å². The molecule has 0 bridgehead atoms. The van der Waals surface area contributed by atoms with Crippen LogP contribution in [-0.4, -0.2) is 26.2 Å². The summed E-state index contributed by atoms with van der Waals surface area (Å²) < 4.78 is 10.2. The van der Waals surface area contributed by atoms with Gasteiger partial charge in [0.05, 0.1) is 19.2 Å². The lowest BCUT2D eigenvalue weighted by atomic mass is 10.2. The van der Waals surface area contributed by atoms with Crippen LogP contribution in [0.3, 0.4) is 0 Å². The van der Waals surface area contributed by atoms with E-state index in [1.165, 1.54) is 0 Å². The van der Waals surface area contributed by atoms with Crippen LogP contribution in [0.4, 0.5) is 11.4 Å². The van der Waals surface area contributed by atoms with E-state index in [1.807, 2.05) is 6.07 Å². The second kappa shape index (κ2) is 7.74. The second-order valence-electron chi connectivity index (χ2n) is 4.93. The van der Waals surface area contributed by atoms with E-state index >= 15 is 0 Å². The van der Waals surface area contributed by atoms with E-state index in [1.54, 1.807) is 57.5 Å². The average Bonchev–Trinajstić information content (AvgIpc) is 2.55. The Morgan fingerprint density at radius 2 is 1.70 bits per heavy atom. The van der Waals surface area contributed by atoms with Crippen LogP contribution in [0.25, 0.3) is 0 Å². The summed E-state index contributed by atoms with van der Waals surface area (Å²) in [7, 11) is 3.15. The third-order valence-corrected chi connectivity index (χ3v) is 3.58. The van der Waals surface area contributed by atoms with E-state index in [9.17, 15) is 4.79 Å². The highest BCUT2D eigenvalue weighted by Gasteiger charge is 2.13. The maximum Gasteiger partial charge on any atom is 0.246 e. The zero-order chi connectivity index (χ0) is 16.8. The van der Waals surface area contributed by atoms with Crippen LogP contribution in [0.5, 0.6) is 11.5 Å². The Labute approximate surface area is 140 Å². The predicted molar refractivity (Wildman–Crippen MR) is 92.7 cm³/mol. The Morgan fingerprint density at radius 1 is 1.04 bits per heavy atom. The number of hydrogen-bond acceptors (Lipinski definition) is 4. The molecule has 2 rings (SSSR count). The minimum atomic E-state index is -0.429. The van der Waals surface area contributed by atoms with Gasteiger partial charge in [0, 0.05) is 11.4 Å². The average molecular weight is 335 g/mol. The molecule has 0 aliphatic rings. The summed E-state index contributed by atoms with van der Waals surface area (Å²) in [5, 5.41) is 6.42. The molecule has 0 fully saturated rings. The van der Waals surface area contributed by atoms with Crippen molar-refractivity contribution in [2.75, 3.05) is 24.9 Å². The van der Waals surface area contributed by atoms with Gasteiger partial charge in [-0.05, 0) is 49.4 Å². The summed E-state index contributed by atoms with van der Waals surface area (Å²) in [6.45, 7) is 1.77. The van der Waals surface area contributed by atoms with Crippen molar-refractivity contribution < 1.29 is 14.3 Å². The van der Waals surface area contributed by atoms with Gasteiger partial charge in [-0.25, -0.2) is 0 Å². The number of rotatable bonds is 6. The minimum Gasteiger partial charge on any atom is -0.497 e. The summed E-state index contributed by atoms with van der Waals surface area (Å²) in [5.74, 6) is 1.18. The SMILES string of the molecule is COc1ccc(NC(=O)C(C)Nc2ccc(OC)c(Cl)c2)cc1. The molecule has 0 saturated heterocycles. The number of anilines is 2. The van der Waals surface area contributed by atoms with Gasteiger partial charge in [-0.3, -0.25) is 4.79 Å². The van der Waals surface area contributed by atoms with Crippen LogP contribution < -0.4 is 20.1 Å². The first-order chi connectivity index (χ1) is 11.0. The van der Waals surface area contributed by atoms with Crippen molar-refractivity contribution in [3.8, 4) is 11.5 Å². The predicted octanol–water partition coefficient (Wildman–Crippen LogP) is 3.80. The molecule has 0 heterocycles. The van der Waals surface area contributed by atoms with E-state index in [2.05, 4.69) is 10.6 Å². The van der Waals surface area contributed by atoms with Crippen molar-refractivity contribution in [3.63, 3.8) is 0 Å². The van der Waals surface area contributed by atoms with Crippen molar-refractivity contribution in [1.82, 2.24) is 0 Å². The third-order valence-electron chi connectivity index (χ3n) is 3.29. The fourth-order valence-electron chi connectivity index (χ4n) is 2.00.